The van der Waals surface area contributed by atoms with Gasteiger partial charge in [-0.1, -0.05) is 6.07 Å². The van der Waals surface area contributed by atoms with E-state index >= 15 is 0 Å². The number of likely N-dealkylation sites (tertiary alicyclic amines) is 1. The van der Waals surface area contributed by atoms with Crippen LogP contribution in [0.3, 0.4) is 0 Å². The number of aliphatic hydroxyl groups excluding tert-OH is 1. The molecule has 1 aliphatic rings. The van der Waals surface area contributed by atoms with Gasteiger partial charge in [-0.25, -0.2) is 0 Å². The fourth-order valence-electron chi connectivity index (χ4n) is 3.38. The molecule has 0 saturated carbocycles. The Morgan fingerprint density at radius 2 is 2.00 bits per heavy atom. The minimum atomic E-state index is -0.484. The smallest absolute Gasteiger partial charge is 0.228 e. The van der Waals surface area contributed by atoms with Gasteiger partial charge in [0.25, 0.3) is 0 Å². The molecular weight excluding hydrogens is 324 g/mol. The summed E-state index contributed by atoms with van der Waals surface area (Å²) in [5.41, 5.74) is 0.834. The van der Waals surface area contributed by atoms with Crippen LogP contribution in [0.25, 0.3) is 0 Å². The third-order valence-corrected chi connectivity index (χ3v) is 4.65. The largest absolute Gasteiger partial charge is 0.493 e. The third-order valence-electron chi connectivity index (χ3n) is 4.65. The summed E-state index contributed by atoms with van der Waals surface area (Å²) in [6, 6.07) is 5.10. The Kier molecular flexibility index (Phi) is 6.25. The second-order valence-corrected chi connectivity index (χ2v) is 6.03. The molecule has 0 aromatic heterocycles. The zero-order valence-electron chi connectivity index (χ0n) is 15.2. The summed E-state index contributed by atoms with van der Waals surface area (Å²) in [5.74, 6) is 0.488. The van der Waals surface area contributed by atoms with Crippen LogP contribution in [0.2, 0.25) is 0 Å². The van der Waals surface area contributed by atoms with E-state index in [9.17, 15) is 9.59 Å². The minimum Gasteiger partial charge on any atom is -0.493 e. The molecule has 1 N–H and O–H groups in total. The quantitative estimate of drug-likeness (QED) is 0.796. The van der Waals surface area contributed by atoms with Crippen molar-refractivity contribution in [3.8, 4) is 11.5 Å². The van der Waals surface area contributed by atoms with Crippen molar-refractivity contribution in [3.05, 3.63) is 23.8 Å². The Hall–Kier alpha value is -2.28. The highest BCUT2D eigenvalue weighted by Gasteiger charge is 2.44. The van der Waals surface area contributed by atoms with Gasteiger partial charge in [0.1, 0.15) is 0 Å². The predicted molar refractivity (Wildman–Crippen MR) is 92.5 cm³/mol. The van der Waals surface area contributed by atoms with Crippen LogP contribution in [0.1, 0.15) is 24.9 Å². The first-order valence-electron chi connectivity index (χ1n) is 8.35. The van der Waals surface area contributed by atoms with Crippen molar-refractivity contribution >= 4 is 11.8 Å². The topological polar surface area (TPSA) is 79.3 Å². The lowest BCUT2D eigenvalue weighted by atomic mass is 9.92. The fraction of sp³-hybridized carbons (Fsp3) is 0.556. The van der Waals surface area contributed by atoms with Crippen LogP contribution in [-0.2, 0) is 9.59 Å². The van der Waals surface area contributed by atoms with E-state index in [1.807, 2.05) is 19.1 Å². The van der Waals surface area contributed by atoms with Gasteiger partial charge in [-0.3, -0.25) is 9.59 Å². The first kappa shape index (κ1) is 19.1. The maximum atomic E-state index is 12.8. The summed E-state index contributed by atoms with van der Waals surface area (Å²) >= 11 is 0. The normalized spacial score (nSPS) is 19.9. The number of carbonyl (C=O) groups excluding carboxylic acids is 2. The summed E-state index contributed by atoms with van der Waals surface area (Å²) < 4.78 is 10.6. The summed E-state index contributed by atoms with van der Waals surface area (Å²) in [7, 11) is 4.76. The van der Waals surface area contributed by atoms with Crippen LogP contribution in [0.5, 0.6) is 11.5 Å². The number of rotatable bonds is 7. The molecular formula is C18H26N2O5. The molecule has 1 aromatic rings. The number of hydrogen-bond acceptors (Lipinski definition) is 5. The lowest BCUT2D eigenvalue weighted by Crippen LogP contribution is -2.38. The van der Waals surface area contributed by atoms with E-state index in [1.54, 1.807) is 32.2 Å². The Labute approximate surface area is 148 Å². The summed E-state index contributed by atoms with van der Waals surface area (Å²) in [5, 5.41) is 9.09. The zero-order chi connectivity index (χ0) is 18.6. The number of methoxy groups -OCH3 is 2. The van der Waals surface area contributed by atoms with Gasteiger partial charge in [0.15, 0.2) is 11.5 Å². The van der Waals surface area contributed by atoms with Crippen molar-refractivity contribution in [2.24, 2.45) is 5.92 Å². The number of likely N-dealkylation sites (N-methyl/N-ethyl adjacent to an activating group) is 1. The molecule has 1 aliphatic heterocycles. The lowest BCUT2D eigenvalue weighted by Gasteiger charge is -2.29. The molecule has 138 valence electrons. The third kappa shape index (κ3) is 3.71. The maximum Gasteiger partial charge on any atom is 0.228 e. The Morgan fingerprint density at radius 3 is 2.56 bits per heavy atom. The Bertz CT molecular complexity index is 634. The number of hydrogen-bond donors (Lipinski definition) is 1. The van der Waals surface area contributed by atoms with Crippen LogP contribution in [0.15, 0.2) is 18.2 Å². The number of carbonyl (C=O) groups is 2. The molecule has 0 spiro atoms. The zero-order valence-corrected chi connectivity index (χ0v) is 15.2. The van der Waals surface area contributed by atoms with Crippen molar-refractivity contribution < 1.29 is 24.2 Å². The highest BCUT2D eigenvalue weighted by molar-refractivity contribution is 5.90. The molecule has 1 saturated heterocycles. The standard InChI is InChI=1S/C18H26N2O5/c1-5-20-16(22)11-13(18(23)19(2)8-9-21)17(20)12-6-7-14(24-3)15(10-12)25-4/h6-7,10,13,17,21H,5,8-9,11H2,1-4H3/t13-,17+/m1/s1. The Morgan fingerprint density at radius 1 is 1.32 bits per heavy atom. The van der Waals surface area contributed by atoms with E-state index in [0.29, 0.717) is 18.0 Å². The fourth-order valence-corrected chi connectivity index (χ4v) is 3.38. The molecule has 1 fully saturated rings. The van der Waals surface area contributed by atoms with Gasteiger partial charge in [0.05, 0.1) is 32.8 Å². The molecule has 2 atom stereocenters. The monoisotopic (exact) mass is 350 g/mol. The average Bonchev–Trinajstić information content (AvgIpc) is 2.96. The molecule has 25 heavy (non-hydrogen) atoms. The van der Waals surface area contributed by atoms with Crippen molar-refractivity contribution in [1.29, 1.82) is 0 Å². The molecule has 0 unspecified atom stereocenters. The van der Waals surface area contributed by atoms with Crippen LogP contribution < -0.4 is 9.47 Å². The van der Waals surface area contributed by atoms with Crippen LogP contribution in [-0.4, -0.2) is 67.7 Å². The molecule has 7 heteroatoms. The second kappa shape index (κ2) is 8.20. The van der Waals surface area contributed by atoms with Gasteiger partial charge in [-0.05, 0) is 24.6 Å². The number of benzene rings is 1. The number of nitrogens with zero attached hydrogens (tertiary/aromatic N) is 2. The van der Waals surface area contributed by atoms with E-state index in [1.165, 1.54) is 4.90 Å². The second-order valence-electron chi connectivity index (χ2n) is 6.03. The van der Waals surface area contributed by atoms with Gasteiger partial charge in [-0.2, -0.15) is 0 Å². The highest BCUT2D eigenvalue weighted by Crippen LogP contribution is 2.41. The van der Waals surface area contributed by atoms with Crippen molar-refractivity contribution in [1.82, 2.24) is 9.80 Å². The molecule has 0 radical (unpaired) electrons. The maximum absolute atomic E-state index is 12.8. The van der Waals surface area contributed by atoms with Gasteiger partial charge in [0, 0.05) is 26.6 Å². The lowest BCUT2D eigenvalue weighted by molar-refractivity contribution is -0.135. The molecule has 2 amide bonds. The first-order valence-corrected chi connectivity index (χ1v) is 8.35. The Balaban J connectivity index is 2.41. The van der Waals surface area contributed by atoms with Crippen LogP contribution in [0, 0.1) is 5.92 Å². The molecule has 1 heterocycles. The summed E-state index contributed by atoms with van der Waals surface area (Å²) in [6.45, 7) is 2.55. The van der Waals surface area contributed by atoms with E-state index in [4.69, 9.17) is 14.6 Å². The molecule has 2 rings (SSSR count). The van der Waals surface area contributed by atoms with E-state index in [-0.39, 0.29) is 37.4 Å². The molecule has 7 nitrogen and oxygen atoms in total. The number of aliphatic hydroxyl groups is 1. The minimum absolute atomic E-state index is 0.0435. The highest BCUT2D eigenvalue weighted by atomic mass is 16.5. The molecule has 0 aliphatic carbocycles. The number of amides is 2. The summed E-state index contributed by atoms with van der Waals surface area (Å²) in [4.78, 5) is 28.4. The van der Waals surface area contributed by atoms with E-state index in [2.05, 4.69) is 0 Å². The SMILES string of the molecule is CCN1C(=O)C[C@@H](C(=O)N(C)CCO)[C@@H]1c1ccc(OC)c(OC)c1. The molecule has 1 aromatic carbocycles. The van der Waals surface area contributed by atoms with Gasteiger partial charge in [-0.15, -0.1) is 0 Å². The predicted octanol–water partition coefficient (Wildman–Crippen LogP) is 1.06. The first-order chi connectivity index (χ1) is 12.0. The van der Waals surface area contributed by atoms with Crippen molar-refractivity contribution in [2.45, 2.75) is 19.4 Å². The molecule has 0 bridgehead atoms. The van der Waals surface area contributed by atoms with Crippen molar-refractivity contribution in [3.63, 3.8) is 0 Å². The van der Waals surface area contributed by atoms with Gasteiger partial charge < -0.3 is 24.4 Å². The van der Waals surface area contributed by atoms with E-state index in [0.717, 1.165) is 5.56 Å². The summed E-state index contributed by atoms with van der Waals surface area (Å²) in [6.07, 6.45) is 0.168. The van der Waals surface area contributed by atoms with Gasteiger partial charge in [0.2, 0.25) is 11.8 Å². The van der Waals surface area contributed by atoms with E-state index < -0.39 is 5.92 Å². The van der Waals surface area contributed by atoms with Gasteiger partial charge >= 0.3 is 0 Å². The van der Waals surface area contributed by atoms with Crippen LogP contribution >= 0.6 is 0 Å². The van der Waals surface area contributed by atoms with Crippen LogP contribution in [0.4, 0.5) is 0 Å². The number of ether oxygens (including phenoxy) is 2. The van der Waals surface area contributed by atoms with Crippen molar-refractivity contribution in [2.75, 3.05) is 41.0 Å². The average molecular weight is 350 g/mol.